The van der Waals surface area contributed by atoms with Crippen LogP contribution in [0.25, 0.3) is 16.8 Å². The topological polar surface area (TPSA) is 86.5 Å². The number of anilines is 1. The van der Waals surface area contributed by atoms with Crippen molar-refractivity contribution in [2.75, 3.05) is 12.1 Å². The molecular formula is C16H10BrN3O4S. The van der Waals surface area contributed by atoms with E-state index < -0.39 is 0 Å². The molecule has 25 heavy (non-hydrogen) atoms. The summed E-state index contributed by atoms with van der Waals surface area (Å²) in [7, 11) is 0. The average molecular weight is 420 g/mol. The van der Waals surface area contributed by atoms with Gasteiger partial charge in [0.15, 0.2) is 11.5 Å². The van der Waals surface area contributed by atoms with Crippen molar-refractivity contribution in [1.82, 2.24) is 10.2 Å². The number of halogens is 1. The molecule has 4 rings (SSSR count). The van der Waals surface area contributed by atoms with E-state index in [4.69, 9.17) is 13.9 Å². The summed E-state index contributed by atoms with van der Waals surface area (Å²) in [6.07, 6.45) is 3.04. The molecule has 3 heterocycles. The molecule has 0 radical (unpaired) electrons. The van der Waals surface area contributed by atoms with E-state index in [1.165, 1.54) is 17.4 Å². The highest BCUT2D eigenvalue weighted by molar-refractivity contribution is 9.11. The van der Waals surface area contributed by atoms with Gasteiger partial charge >= 0.3 is 6.01 Å². The zero-order valence-corrected chi connectivity index (χ0v) is 15.0. The molecule has 0 saturated heterocycles. The largest absolute Gasteiger partial charge is 0.454 e. The lowest BCUT2D eigenvalue weighted by Gasteiger charge is -1.98. The molecule has 1 aromatic carbocycles. The Kier molecular flexibility index (Phi) is 4.24. The van der Waals surface area contributed by atoms with Gasteiger partial charge in [0.2, 0.25) is 6.79 Å². The number of fused-ring (bicyclic) bond motifs is 1. The summed E-state index contributed by atoms with van der Waals surface area (Å²) in [6, 6.07) is 9.20. The molecular weight excluding hydrogens is 410 g/mol. The molecule has 0 fully saturated rings. The number of amides is 1. The maximum absolute atomic E-state index is 12.0. The molecule has 1 amide bonds. The first-order valence-electron chi connectivity index (χ1n) is 7.15. The Morgan fingerprint density at radius 3 is 2.92 bits per heavy atom. The molecule has 0 bridgehead atoms. The zero-order valence-electron chi connectivity index (χ0n) is 12.6. The van der Waals surface area contributed by atoms with Gasteiger partial charge in [0.25, 0.3) is 11.8 Å². The van der Waals surface area contributed by atoms with Gasteiger partial charge in [0.1, 0.15) is 0 Å². The highest BCUT2D eigenvalue weighted by Gasteiger charge is 2.13. The normalized spacial score (nSPS) is 12.7. The van der Waals surface area contributed by atoms with Crippen LogP contribution in [0, 0.1) is 0 Å². The number of ether oxygens (including phenoxy) is 2. The predicted molar refractivity (Wildman–Crippen MR) is 95.5 cm³/mol. The summed E-state index contributed by atoms with van der Waals surface area (Å²) in [5.74, 6) is 1.33. The Hall–Kier alpha value is -2.65. The molecule has 0 saturated carbocycles. The minimum Gasteiger partial charge on any atom is -0.454 e. The molecule has 1 aliphatic rings. The molecule has 3 aromatic rings. The van der Waals surface area contributed by atoms with Crippen molar-refractivity contribution in [2.24, 2.45) is 0 Å². The quantitative estimate of drug-likeness (QED) is 0.644. The summed E-state index contributed by atoms with van der Waals surface area (Å²) in [6.45, 7) is 0.212. The third-order valence-corrected chi connectivity index (χ3v) is 4.87. The number of benzene rings is 1. The minimum atomic E-state index is -0.375. The first-order valence-corrected chi connectivity index (χ1v) is 8.76. The highest BCUT2D eigenvalue weighted by atomic mass is 79.9. The maximum atomic E-state index is 12.0. The second-order valence-electron chi connectivity index (χ2n) is 4.95. The molecule has 1 aliphatic heterocycles. The molecule has 126 valence electrons. The Morgan fingerprint density at radius 2 is 2.08 bits per heavy atom. The van der Waals surface area contributed by atoms with Crippen LogP contribution in [0.5, 0.6) is 11.5 Å². The van der Waals surface area contributed by atoms with Crippen LogP contribution in [0.3, 0.4) is 0 Å². The van der Waals surface area contributed by atoms with E-state index in [1.807, 2.05) is 18.2 Å². The lowest BCUT2D eigenvalue weighted by molar-refractivity contribution is -0.112. The van der Waals surface area contributed by atoms with E-state index in [2.05, 4.69) is 31.4 Å². The third kappa shape index (κ3) is 3.57. The van der Waals surface area contributed by atoms with Gasteiger partial charge in [-0.15, -0.1) is 16.4 Å². The van der Waals surface area contributed by atoms with Crippen molar-refractivity contribution in [2.45, 2.75) is 0 Å². The van der Waals surface area contributed by atoms with Crippen molar-refractivity contribution >= 4 is 45.3 Å². The molecule has 1 N–H and O–H groups in total. The molecule has 2 aromatic heterocycles. The molecule has 0 unspecified atom stereocenters. The Labute approximate surface area is 154 Å². The lowest BCUT2D eigenvalue weighted by atomic mass is 10.2. The standard InChI is InChI=1S/C16H10BrN3O4S/c17-13-5-4-12(25-13)15-19-20-16(24-15)18-14(21)6-2-9-1-3-10-11(7-9)23-8-22-10/h1-7H,8H2,(H,18,20,21). The van der Waals surface area contributed by atoms with Crippen molar-refractivity contribution in [1.29, 1.82) is 0 Å². The number of nitrogens with zero attached hydrogens (tertiary/aromatic N) is 2. The van der Waals surface area contributed by atoms with E-state index in [-0.39, 0.29) is 18.7 Å². The summed E-state index contributed by atoms with van der Waals surface area (Å²) >= 11 is 4.83. The van der Waals surface area contributed by atoms with Gasteiger partial charge in [-0.25, -0.2) is 0 Å². The van der Waals surface area contributed by atoms with Gasteiger partial charge in [-0.2, -0.15) is 0 Å². The van der Waals surface area contributed by atoms with Crippen molar-refractivity contribution < 1.29 is 18.7 Å². The van der Waals surface area contributed by atoms with Gasteiger partial charge < -0.3 is 13.9 Å². The summed E-state index contributed by atoms with van der Waals surface area (Å²) in [5, 5.41) is 10.3. The summed E-state index contributed by atoms with van der Waals surface area (Å²) in [4.78, 5) is 12.8. The van der Waals surface area contributed by atoms with Crippen LogP contribution >= 0.6 is 27.3 Å². The fourth-order valence-electron chi connectivity index (χ4n) is 2.14. The lowest BCUT2D eigenvalue weighted by Crippen LogP contribution is -2.07. The number of hydrogen-bond acceptors (Lipinski definition) is 7. The van der Waals surface area contributed by atoms with Crippen molar-refractivity contribution in [3.8, 4) is 22.3 Å². The summed E-state index contributed by atoms with van der Waals surface area (Å²) in [5.41, 5.74) is 0.814. The van der Waals surface area contributed by atoms with Gasteiger partial charge in [0, 0.05) is 6.08 Å². The number of carbonyl (C=O) groups is 1. The fourth-order valence-corrected chi connectivity index (χ4v) is 3.45. The van der Waals surface area contributed by atoms with E-state index in [1.54, 1.807) is 18.2 Å². The maximum Gasteiger partial charge on any atom is 0.322 e. The number of aromatic nitrogens is 2. The summed E-state index contributed by atoms with van der Waals surface area (Å²) < 4.78 is 16.9. The molecule has 9 heteroatoms. The van der Waals surface area contributed by atoms with Crippen molar-refractivity contribution in [3.63, 3.8) is 0 Å². The van der Waals surface area contributed by atoms with Crippen LogP contribution in [0.2, 0.25) is 0 Å². The molecule has 7 nitrogen and oxygen atoms in total. The Morgan fingerprint density at radius 1 is 1.20 bits per heavy atom. The molecule has 0 spiro atoms. The first kappa shape index (κ1) is 15.9. The smallest absolute Gasteiger partial charge is 0.322 e. The van der Waals surface area contributed by atoms with Gasteiger partial charge in [-0.05, 0) is 51.8 Å². The number of rotatable bonds is 4. The second-order valence-corrected chi connectivity index (χ2v) is 7.41. The van der Waals surface area contributed by atoms with Gasteiger partial charge in [-0.3, -0.25) is 10.1 Å². The van der Waals surface area contributed by atoms with Gasteiger partial charge in [0.05, 0.1) is 8.66 Å². The predicted octanol–water partition coefficient (Wildman–Crippen LogP) is 3.94. The van der Waals surface area contributed by atoms with E-state index in [0.717, 1.165) is 14.2 Å². The molecule has 0 atom stereocenters. The fraction of sp³-hybridized carbons (Fsp3) is 0.0625. The second kappa shape index (κ2) is 6.69. The van der Waals surface area contributed by atoms with Crippen LogP contribution in [-0.2, 0) is 4.79 Å². The van der Waals surface area contributed by atoms with Gasteiger partial charge in [-0.1, -0.05) is 11.2 Å². The van der Waals surface area contributed by atoms with E-state index in [9.17, 15) is 4.79 Å². The Balaban J connectivity index is 1.41. The average Bonchev–Trinajstić information content (AvgIpc) is 3.32. The van der Waals surface area contributed by atoms with Crippen LogP contribution < -0.4 is 14.8 Å². The number of thiophene rings is 1. The van der Waals surface area contributed by atoms with E-state index in [0.29, 0.717) is 17.4 Å². The SMILES string of the molecule is O=C(C=Cc1ccc2c(c1)OCO2)Nc1nnc(-c2ccc(Br)s2)o1. The number of carbonyl (C=O) groups excluding carboxylic acids is 1. The third-order valence-electron chi connectivity index (χ3n) is 3.26. The highest BCUT2D eigenvalue weighted by Crippen LogP contribution is 2.33. The van der Waals surface area contributed by atoms with Crippen LogP contribution in [-0.4, -0.2) is 22.9 Å². The first-order chi connectivity index (χ1) is 12.2. The molecule has 0 aliphatic carbocycles. The van der Waals surface area contributed by atoms with Crippen LogP contribution in [0.1, 0.15) is 5.56 Å². The number of nitrogens with one attached hydrogen (secondary N) is 1. The number of hydrogen-bond donors (Lipinski definition) is 1. The van der Waals surface area contributed by atoms with Crippen LogP contribution in [0.4, 0.5) is 6.01 Å². The minimum absolute atomic E-state index is 0.0415. The van der Waals surface area contributed by atoms with E-state index >= 15 is 0 Å². The Bertz CT molecular complexity index is 966. The zero-order chi connectivity index (χ0) is 17.2. The monoisotopic (exact) mass is 419 g/mol. The van der Waals surface area contributed by atoms with Crippen LogP contribution in [0.15, 0.2) is 44.6 Å². The van der Waals surface area contributed by atoms with Crippen molar-refractivity contribution in [3.05, 3.63) is 45.8 Å².